The molecule has 0 spiro atoms. The molecule has 0 bridgehead atoms. The molecule has 104 valence electrons. The van der Waals surface area contributed by atoms with Gasteiger partial charge < -0.3 is 4.74 Å². The lowest BCUT2D eigenvalue weighted by Gasteiger charge is -2.24. The molecule has 1 N–H and O–H groups in total. The van der Waals surface area contributed by atoms with Gasteiger partial charge in [0.05, 0.1) is 6.07 Å². The summed E-state index contributed by atoms with van der Waals surface area (Å²) in [5.74, 6) is 1.29. The molecule has 0 amide bonds. The van der Waals surface area contributed by atoms with Gasteiger partial charge in [0.1, 0.15) is 17.9 Å². The number of ether oxygens (including phenoxy) is 1. The summed E-state index contributed by atoms with van der Waals surface area (Å²) >= 11 is 0. The summed E-state index contributed by atoms with van der Waals surface area (Å²) < 4.78 is 5.90. The Kier molecular flexibility index (Phi) is 5.38. The van der Waals surface area contributed by atoms with Crippen molar-refractivity contribution in [3.8, 4) is 11.8 Å². The Morgan fingerprint density at radius 1 is 1.42 bits per heavy atom. The quantitative estimate of drug-likeness (QED) is 0.852. The van der Waals surface area contributed by atoms with Crippen LogP contribution < -0.4 is 10.1 Å². The van der Waals surface area contributed by atoms with Crippen molar-refractivity contribution in [1.29, 1.82) is 5.26 Å². The van der Waals surface area contributed by atoms with E-state index in [-0.39, 0.29) is 0 Å². The minimum absolute atomic E-state index is 0.348. The van der Waals surface area contributed by atoms with Gasteiger partial charge in [0.25, 0.3) is 0 Å². The van der Waals surface area contributed by atoms with Crippen LogP contribution in [0.4, 0.5) is 0 Å². The first-order valence-electron chi connectivity index (χ1n) is 6.81. The summed E-state index contributed by atoms with van der Waals surface area (Å²) in [6.07, 6.45) is 0. The van der Waals surface area contributed by atoms with Gasteiger partial charge in [0.15, 0.2) is 0 Å². The van der Waals surface area contributed by atoms with E-state index in [1.54, 1.807) is 0 Å². The second-order valence-electron chi connectivity index (χ2n) is 5.46. The summed E-state index contributed by atoms with van der Waals surface area (Å²) in [4.78, 5) is 0. The lowest BCUT2D eigenvalue weighted by Crippen LogP contribution is -2.46. The normalized spacial score (nSPS) is 13.9. The van der Waals surface area contributed by atoms with Crippen LogP contribution in [0.5, 0.6) is 5.75 Å². The highest BCUT2D eigenvalue weighted by atomic mass is 16.5. The summed E-state index contributed by atoms with van der Waals surface area (Å²) in [5.41, 5.74) is 1.70. The van der Waals surface area contributed by atoms with Crippen molar-refractivity contribution in [2.75, 3.05) is 13.2 Å². The van der Waals surface area contributed by atoms with Crippen molar-refractivity contribution in [3.63, 3.8) is 0 Å². The molecular weight excluding hydrogens is 236 g/mol. The Bertz CT molecular complexity index is 462. The number of likely N-dealkylation sites (N-methyl/N-ethyl adjacent to an activating group) is 1. The standard InChI is InChI=1S/C16H24N2O/c1-6-18-16(5,10-17)11-19-15-9-13(4)7-8-14(15)12(2)3/h7-9,12,18H,6,11H2,1-5H3. The van der Waals surface area contributed by atoms with E-state index in [2.05, 4.69) is 37.4 Å². The highest BCUT2D eigenvalue weighted by Crippen LogP contribution is 2.28. The van der Waals surface area contributed by atoms with Crippen LogP contribution in [0.2, 0.25) is 0 Å². The van der Waals surface area contributed by atoms with Crippen LogP contribution in [0.3, 0.4) is 0 Å². The Morgan fingerprint density at radius 3 is 2.63 bits per heavy atom. The molecule has 0 aliphatic carbocycles. The van der Waals surface area contributed by atoms with Crippen molar-refractivity contribution in [2.45, 2.75) is 46.1 Å². The van der Waals surface area contributed by atoms with Crippen LogP contribution in [0.15, 0.2) is 18.2 Å². The maximum absolute atomic E-state index is 9.23. The molecule has 1 aromatic rings. The summed E-state index contributed by atoms with van der Waals surface area (Å²) in [7, 11) is 0. The Hall–Kier alpha value is -1.53. The zero-order chi connectivity index (χ0) is 14.5. The fourth-order valence-corrected chi connectivity index (χ4v) is 1.98. The molecule has 1 aromatic carbocycles. The van der Waals surface area contributed by atoms with Crippen molar-refractivity contribution < 1.29 is 4.74 Å². The Labute approximate surface area is 116 Å². The largest absolute Gasteiger partial charge is 0.490 e. The van der Waals surface area contributed by atoms with E-state index in [4.69, 9.17) is 4.74 Å². The third-order valence-electron chi connectivity index (χ3n) is 3.12. The Balaban J connectivity index is 2.88. The molecule has 3 nitrogen and oxygen atoms in total. The van der Waals surface area contributed by atoms with Crippen molar-refractivity contribution >= 4 is 0 Å². The zero-order valence-corrected chi connectivity index (χ0v) is 12.6. The van der Waals surface area contributed by atoms with Crippen LogP contribution in [0.25, 0.3) is 0 Å². The first-order chi connectivity index (χ1) is 8.91. The van der Waals surface area contributed by atoms with Gasteiger partial charge in [-0.15, -0.1) is 0 Å². The van der Waals surface area contributed by atoms with Crippen LogP contribution in [0.1, 0.15) is 44.7 Å². The lowest BCUT2D eigenvalue weighted by atomic mass is 10.0. The molecule has 0 saturated heterocycles. The van der Waals surface area contributed by atoms with E-state index in [0.29, 0.717) is 12.5 Å². The zero-order valence-electron chi connectivity index (χ0n) is 12.6. The second kappa shape index (κ2) is 6.58. The van der Waals surface area contributed by atoms with Gasteiger partial charge in [-0.25, -0.2) is 0 Å². The first-order valence-corrected chi connectivity index (χ1v) is 6.81. The molecule has 1 rings (SSSR count). The maximum atomic E-state index is 9.23. The molecule has 19 heavy (non-hydrogen) atoms. The fraction of sp³-hybridized carbons (Fsp3) is 0.562. The monoisotopic (exact) mass is 260 g/mol. The minimum atomic E-state index is -0.646. The second-order valence-corrected chi connectivity index (χ2v) is 5.46. The molecular formula is C16H24N2O. The first kappa shape index (κ1) is 15.5. The molecule has 0 aliphatic rings. The highest BCUT2D eigenvalue weighted by Gasteiger charge is 2.24. The number of aryl methyl sites for hydroxylation is 1. The molecule has 0 fully saturated rings. The average molecular weight is 260 g/mol. The van der Waals surface area contributed by atoms with Gasteiger partial charge in [0.2, 0.25) is 0 Å². The number of rotatable bonds is 6. The number of hydrogen-bond donors (Lipinski definition) is 1. The number of nitrogens with one attached hydrogen (secondary N) is 1. The van der Waals surface area contributed by atoms with Gasteiger partial charge in [-0.1, -0.05) is 32.9 Å². The molecule has 0 aromatic heterocycles. The summed E-state index contributed by atoms with van der Waals surface area (Å²) in [6.45, 7) is 11.3. The molecule has 0 saturated carbocycles. The molecule has 3 heteroatoms. The average Bonchev–Trinajstić information content (AvgIpc) is 2.36. The van der Waals surface area contributed by atoms with E-state index in [1.807, 2.05) is 26.8 Å². The van der Waals surface area contributed by atoms with E-state index in [1.165, 1.54) is 11.1 Å². The predicted molar refractivity (Wildman–Crippen MR) is 78.5 cm³/mol. The van der Waals surface area contributed by atoms with Crippen molar-refractivity contribution in [2.24, 2.45) is 0 Å². The predicted octanol–water partition coefficient (Wildman–Crippen LogP) is 3.39. The van der Waals surface area contributed by atoms with Crippen LogP contribution in [0, 0.1) is 18.3 Å². The third-order valence-corrected chi connectivity index (χ3v) is 3.12. The third kappa shape index (κ3) is 4.25. The maximum Gasteiger partial charge on any atom is 0.138 e. The smallest absolute Gasteiger partial charge is 0.138 e. The molecule has 0 radical (unpaired) electrons. The van der Waals surface area contributed by atoms with E-state index < -0.39 is 5.54 Å². The molecule has 1 unspecified atom stereocenters. The lowest BCUT2D eigenvalue weighted by molar-refractivity contribution is 0.234. The summed E-state index contributed by atoms with van der Waals surface area (Å²) in [6, 6.07) is 8.51. The van der Waals surface area contributed by atoms with Crippen LogP contribution in [-0.4, -0.2) is 18.7 Å². The number of hydrogen-bond acceptors (Lipinski definition) is 3. The van der Waals surface area contributed by atoms with E-state index >= 15 is 0 Å². The molecule has 0 heterocycles. The highest BCUT2D eigenvalue weighted by molar-refractivity contribution is 5.39. The van der Waals surface area contributed by atoms with Crippen molar-refractivity contribution in [3.05, 3.63) is 29.3 Å². The number of nitrogens with zero attached hydrogens (tertiary/aromatic N) is 1. The van der Waals surface area contributed by atoms with Gasteiger partial charge in [0, 0.05) is 0 Å². The van der Waals surface area contributed by atoms with E-state index in [0.717, 1.165) is 12.3 Å². The topological polar surface area (TPSA) is 45.0 Å². The van der Waals surface area contributed by atoms with Crippen LogP contribution in [-0.2, 0) is 0 Å². The van der Waals surface area contributed by atoms with Crippen LogP contribution >= 0.6 is 0 Å². The molecule has 0 aliphatic heterocycles. The van der Waals surface area contributed by atoms with E-state index in [9.17, 15) is 5.26 Å². The van der Waals surface area contributed by atoms with Gasteiger partial charge in [-0.05, 0) is 43.5 Å². The Morgan fingerprint density at radius 2 is 2.11 bits per heavy atom. The van der Waals surface area contributed by atoms with Gasteiger partial charge >= 0.3 is 0 Å². The van der Waals surface area contributed by atoms with Crippen molar-refractivity contribution in [1.82, 2.24) is 5.32 Å². The summed E-state index contributed by atoms with van der Waals surface area (Å²) in [5, 5.41) is 12.4. The van der Waals surface area contributed by atoms with Gasteiger partial charge in [-0.2, -0.15) is 5.26 Å². The molecule has 1 atom stereocenters. The minimum Gasteiger partial charge on any atom is -0.490 e. The SMILES string of the molecule is CCNC(C)(C#N)COc1cc(C)ccc1C(C)C. The number of nitriles is 1. The fourth-order valence-electron chi connectivity index (χ4n) is 1.98. The van der Waals surface area contributed by atoms with Gasteiger partial charge in [-0.3, -0.25) is 5.32 Å². The number of benzene rings is 1.